The first-order chi connectivity index (χ1) is 42.7. The number of fused-ring (bicyclic) bond motifs is 1. The van der Waals surface area contributed by atoms with Crippen molar-refractivity contribution in [2.45, 2.75) is 230 Å². The minimum absolute atomic E-state index is 0.0159. The standard InChI is InChI=1S/C65H107ClF3N11O11/c1-13-41(4)57-64(91)75(8)38-55(83)73(6)39-56(84)77(10)51(36-45-23-28-47(66)29-24-45)61(88)74(7)37-53(81)71-48(30-25-43-21-26-46(27-22-43)65(67,68)69)60(87)80-33-17-20-49(80)62(89)79(12)52(35-44-18-15-14-16-19-44)63(90)78(11)50(34-40(2)3)59(86)70-32-31-54(82)76(9)42(5)58(85)72-57/h40-52,57H,13-39H2,1-12H3,(H,70,86)(H,71,81)(H,72,85)/t41-,42-,43?,45?,46?,47?,48-,49-,50-,51-,52-,57-/m0/s1. The summed E-state index contributed by atoms with van der Waals surface area (Å²) >= 11 is 6.49. The Morgan fingerprint density at radius 2 is 1.10 bits per heavy atom. The quantitative estimate of drug-likeness (QED) is 0.216. The van der Waals surface area contributed by atoms with Gasteiger partial charge in [0, 0.05) is 74.2 Å². The van der Waals surface area contributed by atoms with E-state index in [9.17, 15) is 51.5 Å². The van der Waals surface area contributed by atoms with E-state index >= 15 is 14.4 Å². The average Bonchev–Trinajstić information content (AvgIpc) is 3.02. The second kappa shape index (κ2) is 35.0. The molecule has 0 spiro atoms. The molecule has 91 heavy (non-hydrogen) atoms. The van der Waals surface area contributed by atoms with Crippen molar-refractivity contribution in [1.82, 2.24) is 55.1 Å². The van der Waals surface area contributed by atoms with Crippen LogP contribution in [0.4, 0.5) is 13.2 Å². The molecule has 5 fully saturated rings. The Hall–Kier alpha value is -5.75. The van der Waals surface area contributed by atoms with Crippen LogP contribution in [-0.4, -0.2) is 240 Å². The van der Waals surface area contributed by atoms with Gasteiger partial charge in [-0.25, -0.2) is 0 Å². The molecule has 2 heterocycles. The average molecular weight is 1310 g/mol. The highest BCUT2D eigenvalue weighted by Gasteiger charge is 2.46. The third-order valence-electron chi connectivity index (χ3n) is 20.4. The zero-order chi connectivity index (χ0) is 67.8. The highest BCUT2D eigenvalue weighted by Crippen LogP contribution is 2.41. The monoisotopic (exact) mass is 1310 g/mol. The molecule has 516 valence electrons. The first kappa shape index (κ1) is 76.0. The molecular formula is C65H107ClF3N11O11. The van der Waals surface area contributed by atoms with Crippen LogP contribution in [0.3, 0.4) is 0 Å². The van der Waals surface area contributed by atoms with Crippen LogP contribution < -0.4 is 16.0 Å². The van der Waals surface area contributed by atoms with Crippen molar-refractivity contribution >= 4 is 76.6 Å². The Labute approximate surface area is 542 Å². The lowest BCUT2D eigenvalue weighted by Gasteiger charge is -2.39. The molecule has 3 saturated carbocycles. The molecular weight excluding hydrogens is 1200 g/mol. The fourth-order valence-electron chi connectivity index (χ4n) is 13.8. The third kappa shape index (κ3) is 21.4. The number of carbonyl (C=O) groups is 11. The van der Waals surface area contributed by atoms with Gasteiger partial charge in [0.25, 0.3) is 0 Å². The Bertz CT molecular complexity index is 2530. The predicted octanol–water partition coefficient (Wildman–Crippen LogP) is 5.57. The topological polar surface area (TPSA) is 250 Å². The van der Waals surface area contributed by atoms with Gasteiger partial charge >= 0.3 is 6.18 Å². The number of nitrogens with zero attached hydrogens (tertiary/aromatic N) is 8. The lowest BCUT2D eigenvalue weighted by molar-refractivity contribution is -0.184. The number of rotatable bonds is 11. The van der Waals surface area contributed by atoms with E-state index in [1.807, 2.05) is 20.8 Å². The van der Waals surface area contributed by atoms with Gasteiger partial charge in [-0.2, -0.15) is 13.2 Å². The molecule has 0 aromatic heterocycles. The van der Waals surface area contributed by atoms with E-state index in [-0.39, 0.29) is 113 Å². The van der Waals surface area contributed by atoms with Crippen molar-refractivity contribution in [3.8, 4) is 0 Å². The van der Waals surface area contributed by atoms with Crippen LogP contribution in [0, 0.1) is 35.5 Å². The summed E-state index contributed by atoms with van der Waals surface area (Å²) in [5, 5.41) is 8.40. The van der Waals surface area contributed by atoms with Crippen molar-refractivity contribution < 1.29 is 65.9 Å². The summed E-state index contributed by atoms with van der Waals surface area (Å²) < 4.78 is 41.4. The van der Waals surface area contributed by atoms with Gasteiger partial charge in [-0.3, -0.25) is 52.7 Å². The van der Waals surface area contributed by atoms with E-state index in [1.54, 1.807) is 6.92 Å². The van der Waals surface area contributed by atoms with Crippen molar-refractivity contribution in [2.24, 2.45) is 35.5 Å². The number of halogens is 4. The van der Waals surface area contributed by atoms with Gasteiger partial charge in [-0.15, -0.1) is 11.6 Å². The van der Waals surface area contributed by atoms with Crippen LogP contribution in [0.5, 0.6) is 0 Å². The fraction of sp³-hybridized carbons (Fsp3) is 0.831. The molecule has 0 unspecified atom stereocenters. The largest absolute Gasteiger partial charge is 0.391 e. The first-order valence-electron chi connectivity index (χ1n) is 33.4. The molecule has 0 bridgehead atoms. The highest BCUT2D eigenvalue weighted by molar-refractivity contribution is 6.20. The van der Waals surface area contributed by atoms with Crippen LogP contribution in [0.1, 0.15) is 176 Å². The Balaban J connectivity index is 1.53. The fourth-order valence-corrected chi connectivity index (χ4v) is 14.0. The summed E-state index contributed by atoms with van der Waals surface area (Å²) in [4.78, 5) is 169. The van der Waals surface area contributed by atoms with Crippen LogP contribution in [0.25, 0.3) is 0 Å². The molecule has 8 atom stereocenters. The van der Waals surface area contributed by atoms with Gasteiger partial charge in [0.05, 0.1) is 25.6 Å². The van der Waals surface area contributed by atoms with Crippen LogP contribution in [0.15, 0.2) is 0 Å². The van der Waals surface area contributed by atoms with Crippen molar-refractivity contribution in [2.75, 3.05) is 82.1 Å². The SMILES string of the molecule is CC[C@H](C)[C@@H]1NC(=O)[C@H](C)N(C)C(=O)CCNC(=O)[C@H](CC(C)C)N(C)C(=O)[C@H](CC2CCCCC2)N(C)C(=O)[C@@H]2CCCN2C(=O)[C@H](CCC2CCC(C(F)(F)F)CC2)NC(=O)CN(C)C(=O)[C@H](CC2CCC(Cl)CC2)N(C)C(=O)CN(C)C(=O)CN(C)C1=O. The maximum absolute atomic E-state index is 15.2. The molecule has 11 amide bonds. The van der Waals surface area contributed by atoms with Gasteiger partial charge in [0.15, 0.2) is 0 Å². The number of carbonyl (C=O) groups excluding carboxylic acids is 11. The normalized spacial score (nSPS) is 30.2. The number of amides is 11. The zero-order valence-electron chi connectivity index (χ0n) is 56.3. The van der Waals surface area contributed by atoms with Crippen LogP contribution in [0.2, 0.25) is 0 Å². The summed E-state index contributed by atoms with van der Waals surface area (Å²) in [6, 6.07) is -7.78. The first-order valence-corrected chi connectivity index (χ1v) is 33.9. The third-order valence-corrected chi connectivity index (χ3v) is 20.8. The lowest BCUT2D eigenvalue weighted by Crippen LogP contribution is -2.59. The molecule has 5 aliphatic rings. The lowest BCUT2D eigenvalue weighted by atomic mass is 9.79. The summed E-state index contributed by atoms with van der Waals surface area (Å²) in [5.74, 6) is -8.61. The van der Waals surface area contributed by atoms with Crippen molar-refractivity contribution in [3.63, 3.8) is 0 Å². The van der Waals surface area contributed by atoms with Gasteiger partial charge in [-0.05, 0) is 133 Å². The highest BCUT2D eigenvalue weighted by atomic mass is 35.5. The van der Waals surface area contributed by atoms with E-state index in [0.717, 1.165) is 46.8 Å². The smallest absolute Gasteiger partial charge is 0.354 e. The van der Waals surface area contributed by atoms with E-state index in [2.05, 4.69) is 16.0 Å². The minimum atomic E-state index is -4.34. The molecule has 5 rings (SSSR count). The van der Waals surface area contributed by atoms with Crippen LogP contribution in [-0.2, 0) is 52.7 Å². The molecule has 3 N–H and O–H groups in total. The van der Waals surface area contributed by atoms with E-state index < -0.39 is 145 Å². The number of nitrogens with one attached hydrogen (secondary N) is 3. The van der Waals surface area contributed by atoms with Crippen molar-refractivity contribution in [1.29, 1.82) is 0 Å². The summed E-state index contributed by atoms with van der Waals surface area (Å²) in [7, 11) is 10.1. The Morgan fingerprint density at radius 1 is 0.538 bits per heavy atom. The number of hydrogen-bond donors (Lipinski definition) is 3. The molecule has 26 heteroatoms. The van der Waals surface area contributed by atoms with Gasteiger partial charge in [0.1, 0.15) is 42.3 Å². The van der Waals surface area contributed by atoms with Crippen LogP contribution >= 0.6 is 11.6 Å². The second-order valence-electron chi connectivity index (χ2n) is 27.6. The second-order valence-corrected chi connectivity index (χ2v) is 28.2. The van der Waals surface area contributed by atoms with E-state index in [0.29, 0.717) is 38.5 Å². The number of alkyl halides is 4. The zero-order valence-corrected chi connectivity index (χ0v) is 57.0. The van der Waals surface area contributed by atoms with Gasteiger partial charge in [0.2, 0.25) is 65.0 Å². The van der Waals surface area contributed by atoms with E-state index in [4.69, 9.17) is 11.6 Å². The summed E-state index contributed by atoms with van der Waals surface area (Å²) in [6.07, 6.45) is 5.10. The molecule has 22 nitrogen and oxygen atoms in total. The Morgan fingerprint density at radius 3 is 1.69 bits per heavy atom. The molecule has 0 aromatic rings. The summed E-state index contributed by atoms with van der Waals surface area (Å²) in [6.45, 7) is 7.29. The van der Waals surface area contributed by atoms with E-state index in [1.165, 1.54) is 80.8 Å². The number of hydrogen-bond acceptors (Lipinski definition) is 11. The van der Waals surface area contributed by atoms with Gasteiger partial charge < -0.3 is 55.1 Å². The van der Waals surface area contributed by atoms with Crippen molar-refractivity contribution in [3.05, 3.63) is 0 Å². The molecule has 0 aromatic carbocycles. The minimum Gasteiger partial charge on any atom is -0.354 e. The molecule has 2 aliphatic heterocycles. The Kier molecular flexibility index (Phi) is 29.2. The maximum Gasteiger partial charge on any atom is 0.391 e. The number of likely N-dealkylation sites (N-methyl/N-ethyl adjacent to an activating group) is 7. The molecule has 0 radical (unpaired) electrons. The molecule has 3 aliphatic carbocycles. The summed E-state index contributed by atoms with van der Waals surface area (Å²) in [5.41, 5.74) is 0. The van der Waals surface area contributed by atoms with Gasteiger partial charge in [-0.1, -0.05) is 66.2 Å². The predicted molar refractivity (Wildman–Crippen MR) is 338 cm³/mol. The maximum atomic E-state index is 15.2. The molecule has 2 saturated heterocycles.